The van der Waals surface area contributed by atoms with Gasteiger partial charge < -0.3 is 14.2 Å². The molecule has 0 aliphatic heterocycles. The molecule has 0 aliphatic carbocycles. The molecule has 0 aliphatic rings. The Kier molecular flexibility index (Phi) is 6.06. The Hall–Kier alpha value is -0.960. The lowest BCUT2D eigenvalue weighted by Crippen LogP contribution is -2.22. The summed E-state index contributed by atoms with van der Waals surface area (Å²) in [6.45, 7) is 13.6. The van der Waals surface area contributed by atoms with Crippen LogP contribution in [0.1, 0.15) is 20.8 Å². The molecule has 1 atom stereocenters. The fourth-order valence-electron chi connectivity index (χ4n) is 0.737. The topological polar surface area (TPSA) is 27.7 Å². The first-order valence-corrected chi connectivity index (χ1v) is 4.28. The molecule has 76 valence electrons. The van der Waals surface area contributed by atoms with Gasteiger partial charge in [0.1, 0.15) is 6.61 Å². The van der Waals surface area contributed by atoms with Crippen LogP contribution in [0, 0.1) is 0 Å². The van der Waals surface area contributed by atoms with E-state index < -0.39 is 0 Å². The summed E-state index contributed by atoms with van der Waals surface area (Å²) in [5, 5.41) is 0. The molecule has 0 saturated heterocycles. The first-order chi connectivity index (χ1) is 6.06. The van der Waals surface area contributed by atoms with E-state index in [9.17, 15) is 0 Å². The zero-order valence-corrected chi connectivity index (χ0v) is 8.63. The minimum Gasteiger partial charge on any atom is -0.492 e. The fraction of sp³-hybridized carbons (Fsp3) is 0.600. The lowest BCUT2D eigenvalue weighted by molar-refractivity contribution is -0.139. The number of allylic oxidation sites excluding steroid dienone is 2. The average Bonchev–Trinajstić information content (AvgIpc) is 1.99. The number of rotatable bonds is 7. The van der Waals surface area contributed by atoms with Gasteiger partial charge in [0.25, 0.3) is 0 Å². The molecule has 0 N–H and O–H groups in total. The van der Waals surface area contributed by atoms with Crippen LogP contribution in [0.15, 0.2) is 24.7 Å². The van der Waals surface area contributed by atoms with E-state index in [0.29, 0.717) is 24.7 Å². The SMILES string of the molecule is C=C(C)OCC(OCC)OC(=C)C. The largest absolute Gasteiger partial charge is 0.492 e. The molecule has 0 aromatic rings. The van der Waals surface area contributed by atoms with Crippen LogP contribution < -0.4 is 0 Å². The van der Waals surface area contributed by atoms with E-state index in [1.54, 1.807) is 13.8 Å². The van der Waals surface area contributed by atoms with E-state index in [1.165, 1.54) is 0 Å². The van der Waals surface area contributed by atoms with Crippen LogP contribution in [0.2, 0.25) is 0 Å². The summed E-state index contributed by atoms with van der Waals surface area (Å²) in [5.41, 5.74) is 0. The van der Waals surface area contributed by atoms with E-state index in [-0.39, 0.29) is 6.29 Å². The maximum atomic E-state index is 5.26. The summed E-state index contributed by atoms with van der Waals surface area (Å²) < 4.78 is 15.7. The van der Waals surface area contributed by atoms with Crippen molar-refractivity contribution in [2.24, 2.45) is 0 Å². The first-order valence-electron chi connectivity index (χ1n) is 4.28. The quantitative estimate of drug-likeness (QED) is 0.451. The standard InChI is InChI=1S/C10H18O3/c1-6-11-10(13-9(4)5)7-12-8(2)3/h10H,2,4,6-7H2,1,3,5H3. The van der Waals surface area contributed by atoms with E-state index in [2.05, 4.69) is 13.2 Å². The third-order valence-electron chi connectivity index (χ3n) is 1.15. The Labute approximate surface area is 80.0 Å². The molecule has 13 heavy (non-hydrogen) atoms. The van der Waals surface area contributed by atoms with Gasteiger partial charge in [0.15, 0.2) is 0 Å². The van der Waals surface area contributed by atoms with Gasteiger partial charge in [-0.2, -0.15) is 0 Å². The summed E-state index contributed by atoms with van der Waals surface area (Å²) in [6.07, 6.45) is -0.390. The minimum absolute atomic E-state index is 0.343. The molecule has 0 bridgehead atoms. The molecule has 0 radical (unpaired) electrons. The van der Waals surface area contributed by atoms with Crippen LogP contribution in [-0.2, 0) is 14.2 Å². The summed E-state index contributed by atoms with van der Waals surface area (Å²) in [4.78, 5) is 0. The molecule has 0 heterocycles. The van der Waals surface area contributed by atoms with Crippen LogP contribution in [-0.4, -0.2) is 19.5 Å². The Bertz CT molecular complexity index is 175. The lowest BCUT2D eigenvalue weighted by Gasteiger charge is -2.18. The Balaban J connectivity index is 3.79. The average molecular weight is 186 g/mol. The van der Waals surface area contributed by atoms with Crippen molar-refractivity contribution in [2.75, 3.05) is 13.2 Å². The van der Waals surface area contributed by atoms with Crippen molar-refractivity contribution < 1.29 is 14.2 Å². The molecule has 1 unspecified atom stereocenters. The van der Waals surface area contributed by atoms with Crippen molar-refractivity contribution in [3.8, 4) is 0 Å². The van der Waals surface area contributed by atoms with E-state index >= 15 is 0 Å². The normalized spacial score (nSPS) is 11.9. The van der Waals surface area contributed by atoms with Gasteiger partial charge >= 0.3 is 0 Å². The maximum absolute atomic E-state index is 5.26. The minimum atomic E-state index is -0.390. The van der Waals surface area contributed by atoms with E-state index in [0.717, 1.165) is 0 Å². The predicted molar refractivity (Wildman–Crippen MR) is 52.1 cm³/mol. The number of hydrogen-bond donors (Lipinski definition) is 0. The third kappa shape index (κ3) is 7.40. The summed E-state index contributed by atoms with van der Waals surface area (Å²) in [7, 11) is 0. The van der Waals surface area contributed by atoms with Gasteiger partial charge in [0.05, 0.1) is 11.5 Å². The van der Waals surface area contributed by atoms with Crippen molar-refractivity contribution in [3.05, 3.63) is 24.7 Å². The second kappa shape index (κ2) is 6.54. The van der Waals surface area contributed by atoms with Gasteiger partial charge in [-0.15, -0.1) is 0 Å². The highest BCUT2D eigenvalue weighted by molar-refractivity contribution is 4.77. The fourth-order valence-corrected chi connectivity index (χ4v) is 0.737. The van der Waals surface area contributed by atoms with Crippen LogP contribution in [0.5, 0.6) is 0 Å². The molecule has 0 amide bonds. The van der Waals surface area contributed by atoms with Crippen molar-refractivity contribution in [1.29, 1.82) is 0 Å². The van der Waals surface area contributed by atoms with Gasteiger partial charge in [0.2, 0.25) is 6.29 Å². The van der Waals surface area contributed by atoms with Crippen molar-refractivity contribution >= 4 is 0 Å². The van der Waals surface area contributed by atoms with Crippen molar-refractivity contribution in [1.82, 2.24) is 0 Å². The van der Waals surface area contributed by atoms with Crippen molar-refractivity contribution in [2.45, 2.75) is 27.1 Å². The molecule has 3 nitrogen and oxygen atoms in total. The Morgan fingerprint density at radius 3 is 2.23 bits per heavy atom. The molecule has 0 aromatic carbocycles. The number of ether oxygens (including phenoxy) is 3. The Morgan fingerprint density at radius 1 is 1.23 bits per heavy atom. The zero-order chi connectivity index (χ0) is 10.3. The van der Waals surface area contributed by atoms with Crippen LogP contribution >= 0.6 is 0 Å². The monoisotopic (exact) mass is 186 g/mol. The highest BCUT2D eigenvalue weighted by atomic mass is 16.7. The summed E-state index contributed by atoms with van der Waals surface area (Å²) in [5.74, 6) is 1.26. The van der Waals surface area contributed by atoms with Gasteiger partial charge in [0, 0.05) is 6.61 Å². The van der Waals surface area contributed by atoms with Gasteiger partial charge in [-0.1, -0.05) is 13.2 Å². The van der Waals surface area contributed by atoms with E-state index in [4.69, 9.17) is 14.2 Å². The second-order valence-corrected chi connectivity index (χ2v) is 2.72. The summed E-state index contributed by atoms with van der Waals surface area (Å²) >= 11 is 0. The highest BCUT2D eigenvalue weighted by Crippen LogP contribution is 2.04. The molecule has 0 spiro atoms. The molecular weight excluding hydrogens is 168 g/mol. The van der Waals surface area contributed by atoms with Crippen LogP contribution in [0.3, 0.4) is 0 Å². The molecule has 0 saturated carbocycles. The first kappa shape index (κ1) is 12.0. The van der Waals surface area contributed by atoms with E-state index in [1.807, 2.05) is 6.92 Å². The predicted octanol–water partition coefficient (Wildman–Crippen LogP) is 2.45. The molecule has 0 rings (SSSR count). The Morgan fingerprint density at radius 2 is 1.85 bits per heavy atom. The van der Waals surface area contributed by atoms with Gasteiger partial charge in [-0.3, -0.25) is 0 Å². The smallest absolute Gasteiger partial charge is 0.233 e. The van der Waals surface area contributed by atoms with Gasteiger partial charge in [-0.25, -0.2) is 0 Å². The molecule has 0 aromatic heterocycles. The summed E-state index contributed by atoms with van der Waals surface area (Å²) in [6, 6.07) is 0. The molecular formula is C10H18O3. The lowest BCUT2D eigenvalue weighted by atomic mass is 10.6. The highest BCUT2D eigenvalue weighted by Gasteiger charge is 2.09. The van der Waals surface area contributed by atoms with Crippen LogP contribution in [0.25, 0.3) is 0 Å². The molecule has 3 heteroatoms. The molecule has 0 fully saturated rings. The van der Waals surface area contributed by atoms with Crippen molar-refractivity contribution in [3.63, 3.8) is 0 Å². The second-order valence-electron chi connectivity index (χ2n) is 2.72. The zero-order valence-electron chi connectivity index (χ0n) is 8.63. The van der Waals surface area contributed by atoms with Gasteiger partial charge in [-0.05, 0) is 20.8 Å². The third-order valence-corrected chi connectivity index (χ3v) is 1.15. The number of hydrogen-bond acceptors (Lipinski definition) is 3. The maximum Gasteiger partial charge on any atom is 0.233 e. The van der Waals surface area contributed by atoms with Crippen LogP contribution in [0.4, 0.5) is 0 Å².